The van der Waals surface area contributed by atoms with E-state index in [0.29, 0.717) is 19.6 Å². The van der Waals surface area contributed by atoms with Crippen LogP contribution in [0.15, 0.2) is 23.1 Å². The van der Waals surface area contributed by atoms with Crippen molar-refractivity contribution in [3.63, 3.8) is 0 Å². The normalized spacial score (nSPS) is 22.9. The summed E-state index contributed by atoms with van der Waals surface area (Å²) >= 11 is 0. The molecule has 0 aromatic heterocycles. The van der Waals surface area contributed by atoms with Crippen molar-refractivity contribution in [3.05, 3.63) is 23.8 Å². The van der Waals surface area contributed by atoms with E-state index in [0.717, 1.165) is 6.42 Å². The number of primary amides is 1. The van der Waals surface area contributed by atoms with E-state index in [1.165, 1.54) is 18.2 Å². The molecule has 7 nitrogen and oxygen atoms in total. The first kappa shape index (κ1) is 15.7. The molecule has 8 heteroatoms. The van der Waals surface area contributed by atoms with Gasteiger partial charge in [0, 0.05) is 12.2 Å². The molecule has 1 heterocycles. The molecule has 5 N–H and O–H groups in total. The van der Waals surface area contributed by atoms with Gasteiger partial charge in [0.1, 0.15) is 4.90 Å². The zero-order chi connectivity index (χ0) is 15.7. The average Bonchev–Trinajstić information content (AvgIpc) is 2.37. The Labute approximate surface area is 123 Å². The molecule has 1 aliphatic rings. The van der Waals surface area contributed by atoms with Gasteiger partial charge in [-0.15, -0.1) is 0 Å². The van der Waals surface area contributed by atoms with Crippen molar-refractivity contribution in [1.82, 2.24) is 4.72 Å². The predicted molar refractivity (Wildman–Crippen MR) is 78.2 cm³/mol. The van der Waals surface area contributed by atoms with E-state index in [-0.39, 0.29) is 16.1 Å². The summed E-state index contributed by atoms with van der Waals surface area (Å²) in [5, 5.41) is 0. The second-order valence-corrected chi connectivity index (χ2v) is 7.09. The van der Waals surface area contributed by atoms with Gasteiger partial charge in [-0.1, -0.05) is 0 Å². The molecule has 1 aromatic carbocycles. The van der Waals surface area contributed by atoms with Crippen molar-refractivity contribution in [2.24, 2.45) is 5.73 Å². The van der Waals surface area contributed by atoms with Gasteiger partial charge in [0.25, 0.3) is 0 Å². The lowest BCUT2D eigenvalue weighted by Crippen LogP contribution is -2.51. The molecule has 0 bridgehead atoms. The highest BCUT2D eigenvalue weighted by Gasteiger charge is 2.33. The summed E-state index contributed by atoms with van der Waals surface area (Å²) in [6.45, 7) is 2.73. The Kier molecular flexibility index (Phi) is 4.22. The number of sulfonamides is 1. The quantitative estimate of drug-likeness (QED) is 0.686. The van der Waals surface area contributed by atoms with Gasteiger partial charge < -0.3 is 16.2 Å². The van der Waals surface area contributed by atoms with Crippen LogP contribution in [-0.4, -0.2) is 33.1 Å². The molecule has 1 amide bonds. The van der Waals surface area contributed by atoms with Crippen LogP contribution in [0.4, 0.5) is 5.69 Å². The summed E-state index contributed by atoms with van der Waals surface area (Å²) in [5.41, 5.74) is 10.4. The highest BCUT2D eigenvalue weighted by molar-refractivity contribution is 7.89. The molecular weight excluding hydrogens is 294 g/mol. The molecule has 1 aromatic rings. The van der Waals surface area contributed by atoms with Crippen LogP contribution in [0.2, 0.25) is 0 Å². The summed E-state index contributed by atoms with van der Waals surface area (Å²) < 4.78 is 32.8. The van der Waals surface area contributed by atoms with Crippen LogP contribution in [0.5, 0.6) is 0 Å². The van der Waals surface area contributed by atoms with Crippen LogP contribution in [-0.2, 0) is 14.8 Å². The second-order valence-electron chi connectivity index (χ2n) is 5.44. The third-order valence-electron chi connectivity index (χ3n) is 3.40. The Morgan fingerprint density at radius 1 is 1.43 bits per heavy atom. The van der Waals surface area contributed by atoms with E-state index in [1.807, 2.05) is 0 Å². The number of carbonyl (C=O) groups excluding carboxylic acids is 1. The Morgan fingerprint density at radius 3 is 2.67 bits per heavy atom. The molecule has 2 rings (SSSR count). The lowest BCUT2D eigenvalue weighted by atomic mass is 9.97. The van der Waals surface area contributed by atoms with Crippen molar-refractivity contribution in [2.75, 3.05) is 18.9 Å². The fraction of sp³-hybridized carbons (Fsp3) is 0.462. The first-order valence-corrected chi connectivity index (χ1v) is 8.03. The maximum absolute atomic E-state index is 12.4. The lowest BCUT2D eigenvalue weighted by molar-refractivity contribution is 0.0386. The molecule has 1 atom stereocenters. The Morgan fingerprint density at radius 2 is 2.14 bits per heavy atom. The van der Waals surface area contributed by atoms with Gasteiger partial charge in [-0.05, 0) is 38.0 Å². The number of rotatable bonds is 4. The van der Waals surface area contributed by atoms with E-state index in [9.17, 15) is 13.2 Å². The van der Waals surface area contributed by atoms with Crippen LogP contribution in [0.3, 0.4) is 0 Å². The minimum Gasteiger partial charge on any atom is -0.398 e. The number of nitrogens with one attached hydrogen (secondary N) is 1. The fourth-order valence-electron chi connectivity index (χ4n) is 2.34. The number of nitrogen functional groups attached to an aromatic ring is 1. The Bertz CT molecular complexity index is 651. The minimum atomic E-state index is -3.80. The summed E-state index contributed by atoms with van der Waals surface area (Å²) in [4.78, 5) is 11.0. The minimum absolute atomic E-state index is 0.0147. The second kappa shape index (κ2) is 5.63. The standard InChI is InChI=1S/C13H19N3O4S/c1-13(5-2-6-20-8-13)16-21(18,19)11-4-3-9(12(15)17)7-10(11)14/h3-4,7,16H,2,5-6,8,14H2,1H3,(H2,15,17). The maximum Gasteiger partial charge on any atom is 0.248 e. The number of amides is 1. The van der Waals surface area contributed by atoms with Crippen molar-refractivity contribution in [2.45, 2.75) is 30.2 Å². The monoisotopic (exact) mass is 313 g/mol. The van der Waals surface area contributed by atoms with Crippen LogP contribution in [0.25, 0.3) is 0 Å². The highest BCUT2D eigenvalue weighted by atomic mass is 32.2. The summed E-state index contributed by atoms with van der Waals surface area (Å²) in [5.74, 6) is -0.661. The van der Waals surface area contributed by atoms with E-state index < -0.39 is 21.5 Å². The van der Waals surface area contributed by atoms with Gasteiger partial charge in [0.15, 0.2) is 0 Å². The summed E-state index contributed by atoms with van der Waals surface area (Å²) in [6, 6.07) is 3.88. The average molecular weight is 313 g/mol. The van der Waals surface area contributed by atoms with Crippen LogP contribution < -0.4 is 16.2 Å². The van der Waals surface area contributed by atoms with Crippen molar-refractivity contribution >= 4 is 21.6 Å². The lowest BCUT2D eigenvalue weighted by Gasteiger charge is -2.34. The van der Waals surface area contributed by atoms with E-state index in [1.54, 1.807) is 6.92 Å². The first-order chi connectivity index (χ1) is 9.73. The van der Waals surface area contributed by atoms with Crippen molar-refractivity contribution < 1.29 is 17.9 Å². The largest absolute Gasteiger partial charge is 0.398 e. The zero-order valence-electron chi connectivity index (χ0n) is 11.8. The molecular formula is C13H19N3O4S. The molecule has 116 valence electrons. The number of nitrogens with two attached hydrogens (primary N) is 2. The van der Waals surface area contributed by atoms with Crippen molar-refractivity contribution in [1.29, 1.82) is 0 Å². The third kappa shape index (κ3) is 3.52. The zero-order valence-corrected chi connectivity index (χ0v) is 12.6. The number of benzene rings is 1. The van der Waals surface area contributed by atoms with Gasteiger partial charge >= 0.3 is 0 Å². The number of carbonyl (C=O) groups is 1. The van der Waals surface area contributed by atoms with Gasteiger partial charge in [0.2, 0.25) is 15.9 Å². The smallest absolute Gasteiger partial charge is 0.248 e. The van der Waals surface area contributed by atoms with Gasteiger partial charge in [-0.2, -0.15) is 0 Å². The fourth-order valence-corrected chi connectivity index (χ4v) is 3.88. The molecule has 1 aliphatic heterocycles. The predicted octanol–water partition coefficient (Wildman–Crippen LogP) is 0.215. The Hall–Kier alpha value is -1.64. The molecule has 0 saturated carbocycles. The van der Waals surface area contributed by atoms with E-state index in [2.05, 4.69) is 4.72 Å². The van der Waals surface area contributed by atoms with Crippen LogP contribution in [0, 0.1) is 0 Å². The van der Waals surface area contributed by atoms with E-state index in [4.69, 9.17) is 16.2 Å². The number of ether oxygens (including phenoxy) is 1. The summed E-state index contributed by atoms with van der Waals surface area (Å²) in [6.07, 6.45) is 1.47. The topological polar surface area (TPSA) is 125 Å². The van der Waals surface area contributed by atoms with Crippen molar-refractivity contribution in [3.8, 4) is 0 Å². The van der Waals surface area contributed by atoms with Gasteiger partial charge in [-0.25, -0.2) is 13.1 Å². The molecule has 1 unspecified atom stereocenters. The first-order valence-electron chi connectivity index (χ1n) is 6.55. The van der Waals surface area contributed by atoms with Gasteiger partial charge in [0.05, 0.1) is 17.8 Å². The Balaban J connectivity index is 2.29. The third-order valence-corrected chi connectivity index (χ3v) is 5.11. The van der Waals surface area contributed by atoms with Gasteiger partial charge in [-0.3, -0.25) is 4.79 Å². The number of hydrogen-bond donors (Lipinski definition) is 3. The molecule has 0 radical (unpaired) electrons. The molecule has 1 fully saturated rings. The molecule has 0 aliphatic carbocycles. The number of hydrogen-bond acceptors (Lipinski definition) is 5. The molecule has 0 spiro atoms. The van der Waals surface area contributed by atoms with Crippen LogP contribution in [0.1, 0.15) is 30.1 Å². The SMILES string of the molecule is CC1(NS(=O)(=O)c2ccc(C(N)=O)cc2N)CCCOC1. The maximum atomic E-state index is 12.4. The molecule has 1 saturated heterocycles. The molecule has 21 heavy (non-hydrogen) atoms. The highest BCUT2D eigenvalue weighted by Crippen LogP contribution is 2.25. The summed E-state index contributed by atoms with van der Waals surface area (Å²) in [7, 11) is -3.80. The van der Waals surface area contributed by atoms with Crippen LogP contribution >= 0.6 is 0 Å². The van der Waals surface area contributed by atoms with E-state index >= 15 is 0 Å². The number of anilines is 1.